The monoisotopic (exact) mass is 350 g/mol. The second-order valence-corrected chi connectivity index (χ2v) is 5.60. The zero-order valence-corrected chi connectivity index (χ0v) is 15.1. The van der Waals surface area contributed by atoms with E-state index in [1.165, 1.54) is 0 Å². The average Bonchev–Trinajstić information content (AvgIpc) is 2.63. The van der Waals surface area contributed by atoms with Crippen molar-refractivity contribution in [1.29, 1.82) is 0 Å². The summed E-state index contributed by atoms with van der Waals surface area (Å²) in [5.74, 6) is 2.69. The lowest BCUT2D eigenvalue weighted by atomic mass is 10.3. The molecule has 0 atom stereocenters. The van der Waals surface area contributed by atoms with Crippen molar-refractivity contribution in [1.82, 2.24) is 9.97 Å². The fourth-order valence-electron chi connectivity index (χ4n) is 2.55. The van der Waals surface area contributed by atoms with Gasteiger partial charge in [-0.25, -0.2) is 4.98 Å². The molecule has 1 aromatic heterocycles. The number of methoxy groups -OCH3 is 1. The predicted octanol–water partition coefficient (Wildman–Crippen LogP) is 4.68. The van der Waals surface area contributed by atoms with Gasteiger partial charge >= 0.3 is 0 Å². The van der Waals surface area contributed by atoms with Gasteiger partial charge in [-0.3, -0.25) is 0 Å². The van der Waals surface area contributed by atoms with Gasteiger partial charge in [0.1, 0.15) is 17.3 Å². The van der Waals surface area contributed by atoms with Crippen LogP contribution in [0.5, 0.6) is 11.5 Å². The summed E-state index contributed by atoms with van der Waals surface area (Å²) in [6.07, 6.45) is 0. The minimum atomic E-state index is 0.492. The molecule has 0 aliphatic carbocycles. The number of aryl methyl sites for hydroxylation is 1. The Hall–Kier alpha value is -3.28. The Kier molecular flexibility index (Phi) is 5.53. The Balaban J connectivity index is 1.86. The summed E-state index contributed by atoms with van der Waals surface area (Å²) < 4.78 is 11.0. The van der Waals surface area contributed by atoms with Crippen molar-refractivity contribution in [3.05, 3.63) is 60.3 Å². The van der Waals surface area contributed by atoms with Crippen LogP contribution in [0, 0.1) is 6.92 Å². The zero-order valence-electron chi connectivity index (χ0n) is 15.1. The first-order valence-electron chi connectivity index (χ1n) is 8.44. The van der Waals surface area contributed by atoms with Crippen LogP contribution in [0.15, 0.2) is 54.6 Å². The molecule has 0 bridgehead atoms. The number of rotatable bonds is 7. The highest BCUT2D eigenvalue weighted by atomic mass is 16.5. The SMILES string of the molecule is CCOc1ccccc1Nc1cc(C)nc(Nc2ccccc2OC)n1. The Morgan fingerprint density at radius 1 is 0.885 bits per heavy atom. The zero-order chi connectivity index (χ0) is 18.4. The van der Waals surface area contributed by atoms with Crippen LogP contribution in [0.25, 0.3) is 0 Å². The molecule has 26 heavy (non-hydrogen) atoms. The Labute approximate surface area is 153 Å². The van der Waals surface area contributed by atoms with E-state index in [-0.39, 0.29) is 0 Å². The maximum Gasteiger partial charge on any atom is 0.229 e. The molecule has 6 nitrogen and oxygen atoms in total. The van der Waals surface area contributed by atoms with E-state index >= 15 is 0 Å². The third kappa shape index (κ3) is 4.22. The highest BCUT2D eigenvalue weighted by Crippen LogP contribution is 2.29. The molecule has 0 radical (unpaired) electrons. The van der Waals surface area contributed by atoms with Crippen LogP contribution in [0.3, 0.4) is 0 Å². The van der Waals surface area contributed by atoms with Gasteiger partial charge in [-0.05, 0) is 38.1 Å². The molecule has 0 aliphatic rings. The minimum absolute atomic E-state index is 0.492. The van der Waals surface area contributed by atoms with Crippen molar-refractivity contribution < 1.29 is 9.47 Å². The molecular formula is C20H22N4O2. The van der Waals surface area contributed by atoms with Gasteiger partial charge in [0.25, 0.3) is 0 Å². The summed E-state index contributed by atoms with van der Waals surface area (Å²) in [5.41, 5.74) is 2.51. The van der Waals surface area contributed by atoms with E-state index in [4.69, 9.17) is 9.47 Å². The summed E-state index contributed by atoms with van der Waals surface area (Å²) in [6, 6.07) is 17.3. The van der Waals surface area contributed by atoms with E-state index in [1.807, 2.05) is 68.4 Å². The molecule has 1 heterocycles. The summed E-state index contributed by atoms with van der Waals surface area (Å²) in [7, 11) is 1.63. The number of aromatic nitrogens is 2. The Morgan fingerprint density at radius 3 is 2.23 bits per heavy atom. The fraction of sp³-hybridized carbons (Fsp3) is 0.200. The topological polar surface area (TPSA) is 68.3 Å². The van der Waals surface area contributed by atoms with E-state index in [0.717, 1.165) is 28.6 Å². The molecule has 0 saturated heterocycles. The van der Waals surface area contributed by atoms with Gasteiger partial charge in [-0.1, -0.05) is 24.3 Å². The third-order valence-corrected chi connectivity index (χ3v) is 3.66. The first kappa shape index (κ1) is 17.5. The minimum Gasteiger partial charge on any atom is -0.495 e. The van der Waals surface area contributed by atoms with Gasteiger partial charge in [0.05, 0.1) is 25.1 Å². The van der Waals surface area contributed by atoms with Crippen LogP contribution in [-0.4, -0.2) is 23.7 Å². The summed E-state index contributed by atoms with van der Waals surface area (Å²) >= 11 is 0. The number of benzene rings is 2. The molecule has 0 unspecified atom stereocenters. The number of nitrogens with one attached hydrogen (secondary N) is 2. The second-order valence-electron chi connectivity index (χ2n) is 5.60. The molecular weight excluding hydrogens is 328 g/mol. The van der Waals surface area contributed by atoms with Crippen molar-refractivity contribution >= 4 is 23.1 Å². The van der Waals surface area contributed by atoms with Crippen LogP contribution in [0.4, 0.5) is 23.1 Å². The number of nitrogens with zero attached hydrogens (tertiary/aromatic N) is 2. The van der Waals surface area contributed by atoms with Crippen LogP contribution in [0.1, 0.15) is 12.6 Å². The Bertz CT molecular complexity index is 883. The molecule has 6 heteroatoms. The molecule has 2 N–H and O–H groups in total. The van der Waals surface area contributed by atoms with Crippen molar-refractivity contribution in [2.24, 2.45) is 0 Å². The van der Waals surface area contributed by atoms with E-state index in [9.17, 15) is 0 Å². The highest BCUT2D eigenvalue weighted by molar-refractivity contribution is 5.67. The number of anilines is 4. The van der Waals surface area contributed by atoms with Crippen LogP contribution >= 0.6 is 0 Å². The average molecular weight is 350 g/mol. The number of ether oxygens (including phenoxy) is 2. The maximum absolute atomic E-state index is 5.66. The molecule has 3 aromatic rings. The van der Waals surface area contributed by atoms with E-state index in [2.05, 4.69) is 20.6 Å². The smallest absolute Gasteiger partial charge is 0.229 e. The van der Waals surface area contributed by atoms with Gasteiger partial charge in [0, 0.05) is 11.8 Å². The quantitative estimate of drug-likeness (QED) is 0.645. The summed E-state index contributed by atoms with van der Waals surface area (Å²) in [6.45, 7) is 4.48. The first-order chi connectivity index (χ1) is 12.7. The van der Waals surface area contributed by atoms with Crippen LogP contribution in [0.2, 0.25) is 0 Å². The van der Waals surface area contributed by atoms with Gasteiger partial charge in [-0.15, -0.1) is 0 Å². The largest absolute Gasteiger partial charge is 0.495 e. The maximum atomic E-state index is 5.66. The van der Waals surface area contributed by atoms with Crippen molar-refractivity contribution in [2.75, 3.05) is 24.4 Å². The lowest BCUT2D eigenvalue weighted by molar-refractivity contribution is 0.342. The van der Waals surface area contributed by atoms with Gasteiger partial charge in [0.2, 0.25) is 5.95 Å². The number of hydrogen-bond acceptors (Lipinski definition) is 6. The first-order valence-corrected chi connectivity index (χ1v) is 8.44. The Morgan fingerprint density at radius 2 is 1.54 bits per heavy atom. The number of hydrogen-bond donors (Lipinski definition) is 2. The van der Waals surface area contributed by atoms with Crippen molar-refractivity contribution in [2.45, 2.75) is 13.8 Å². The van der Waals surface area contributed by atoms with E-state index in [1.54, 1.807) is 7.11 Å². The highest BCUT2D eigenvalue weighted by Gasteiger charge is 2.08. The van der Waals surface area contributed by atoms with Crippen LogP contribution in [-0.2, 0) is 0 Å². The standard InChI is InChI=1S/C20H22N4O2/c1-4-26-18-12-8-6-10-16(18)22-19-13-14(2)21-20(24-19)23-15-9-5-7-11-17(15)25-3/h5-13H,4H2,1-3H3,(H2,21,22,23,24). The molecule has 0 aliphatic heterocycles. The molecule has 0 fully saturated rings. The fourth-order valence-corrected chi connectivity index (χ4v) is 2.55. The van der Waals surface area contributed by atoms with Gasteiger partial charge in [0.15, 0.2) is 0 Å². The van der Waals surface area contributed by atoms with Crippen molar-refractivity contribution in [3.8, 4) is 11.5 Å². The van der Waals surface area contributed by atoms with Gasteiger partial charge < -0.3 is 20.1 Å². The van der Waals surface area contributed by atoms with E-state index < -0.39 is 0 Å². The molecule has 0 amide bonds. The van der Waals surface area contributed by atoms with E-state index in [0.29, 0.717) is 18.4 Å². The molecule has 0 saturated carbocycles. The molecule has 134 valence electrons. The van der Waals surface area contributed by atoms with Crippen LogP contribution < -0.4 is 20.1 Å². The lowest BCUT2D eigenvalue weighted by Gasteiger charge is -2.14. The predicted molar refractivity (Wildman–Crippen MR) is 104 cm³/mol. The normalized spacial score (nSPS) is 10.3. The van der Waals surface area contributed by atoms with Crippen molar-refractivity contribution in [3.63, 3.8) is 0 Å². The second kappa shape index (κ2) is 8.20. The molecule has 2 aromatic carbocycles. The molecule has 0 spiro atoms. The summed E-state index contributed by atoms with van der Waals surface area (Å²) in [4.78, 5) is 9.01. The number of para-hydroxylation sites is 4. The van der Waals surface area contributed by atoms with Gasteiger partial charge in [-0.2, -0.15) is 4.98 Å². The summed E-state index contributed by atoms with van der Waals surface area (Å²) in [5, 5.41) is 6.52. The lowest BCUT2D eigenvalue weighted by Crippen LogP contribution is -2.04. The molecule has 3 rings (SSSR count). The third-order valence-electron chi connectivity index (χ3n) is 3.66.